The zero-order chi connectivity index (χ0) is 20.4. The molecule has 0 radical (unpaired) electrons. The Kier molecular flexibility index (Phi) is 10.0. The fourth-order valence-corrected chi connectivity index (χ4v) is 3.22. The van der Waals surface area contributed by atoms with E-state index in [1.54, 1.807) is 14.2 Å². The number of hydrogen-bond donors (Lipinski definition) is 1. The average Bonchev–Trinajstić information content (AvgIpc) is 2.67. The molecule has 0 amide bonds. The summed E-state index contributed by atoms with van der Waals surface area (Å²) in [5.74, 6) is 0.727. The van der Waals surface area contributed by atoms with Gasteiger partial charge in [0.25, 0.3) is 0 Å². The van der Waals surface area contributed by atoms with Crippen LogP contribution in [-0.4, -0.2) is 44.9 Å². The Labute approximate surface area is 164 Å². The van der Waals surface area contributed by atoms with Crippen molar-refractivity contribution in [3.8, 4) is 5.75 Å². The topological polar surface area (TPSA) is 57.2 Å². The van der Waals surface area contributed by atoms with Crippen LogP contribution in [0.3, 0.4) is 0 Å². The second kappa shape index (κ2) is 11.4. The van der Waals surface area contributed by atoms with Gasteiger partial charge in [-0.15, -0.1) is 0 Å². The van der Waals surface area contributed by atoms with Gasteiger partial charge in [0.2, 0.25) is 0 Å². The highest BCUT2D eigenvalue weighted by molar-refractivity contribution is 5.26. The predicted octanol–water partition coefficient (Wildman–Crippen LogP) is 4.19. The number of rotatable bonds is 12. The second-order valence-electron chi connectivity index (χ2n) is 7.66. The van der Waals surface area contributed by atoms with Gasteiger partial charge in [0.15, 0.2) is 0 Å². The zero-order valence-corrected chi connectivity index (χ0v) is 17.8. The summed E-state index contributed by atoms with van der Waals surface area (Å²) < 4.78 is 22.2. The van der Waals surface area contributed by atoms with Crippen molar-refractivity contribution in [1.29, 1.82) is 0 Å². The van der Waals surface area contributed by atoms with Crippen LogP contribution in [0.25, 0.3) is 0 Å². The van der Waals surface area contributed by atoms with Gasteiger partial charge < -0.3 is 24.1 Å². The Morgan fingerprint density at radius 2 is 1.81 bits per heavy atom. The molecule has 1 aromatic rings. The maximum atomic E-state index is 10.6. The minimum Gasteiger partial charge on any atom is -0.497 e. The normalized spacial score (nSPS) is 16.1. The molecule has 0 aromatic heterocycles. The lowest BCUT2D eigenvalue weighted by Gasteiger charge is -2.39. The van der Waals surface area contributed by atoms with E-state index in [2.05, 4.69) is 13.8 Å². The molecule has 0 heterocycles. The van der Waals surface area contributed by atoms with Crippen LogP contribution in [0.1, 0.15) is 40.2 Å². The first kappa shape index (κ1) is 23.6. The molecule has 27 heavy (non-hydrogen) atoms. The first-order valence-electron chi connectivity index (χ1n) is 9.39. The standard InChI is InChI=1S/C22H36O5/c1-8-16(2)20(23)17(3)21(27-15-24-6)22(4,5)14-26-13-18-9-11-19(25-7)12-10-18/h8-12,17,20-21,23H,13-15H2,1-7H3/b16-8+/t17-,20?,21-/m0/s1. The van der Waals surface area contributed by atoms with Gasteiger partial charge >= 0.3 is 0 Å². The SMILES string of the molecule is C/C=C(\C)C(O)[C@H](C)[C@H](OCOC)C(C)(C)COCc1ccc(OC)cc1. The third kappa shape index (κ3) is 7.26. The molecule has 1 N–H and O–H groups in total. The first-order valence-corrected chi connectivity index (χ1v) is 9.39. The van der Waals surface area contributed by atoms with E-state index in [0.717, 1.165) is 16.9 Å². The zero-order valence-electron chi connectivity index (χ0n) is 17.8. The molecule has 0 aliphatic rings. The molecule has 0 bridgehead atoms. The Bertz CT molecular complexity index is 565. The largest absolute Gasteiger partial charge is 0.497 e. The summed E-state index contributed by atoms with van der Waals surface area (Å²) in [6.07, 6.45) is 1.14. The van der Waals surface area contributed by atoms with Gasteiger partial charge in [-0.05, 0) is 37.1 Å². The molecule has 0 aliphatic carbocycles. The molecular weight excluding hydrogens is 344 g/mol. The number of aliphatic hydroxyl groups excluding tert-OH is 1. The van der Waals surface area contributed by atoms with E-state index < -0.39 is 6.10 Å². The van der Waals surface area contributed by atoms with Gasteiger partial charge in [-0.25, -0.2) is 0 Å². The molecule has 5 heteroatoms. The van der Waals surface area contributed by atoms with Crippen molar-refractivity contribution in [2.45, 2.75) is 53.4 Å². The highest BCUT2D eigenvalue weighted by Crippen LogP contribution is 2.33. The Morgan fingerprint density at radius 3 is 2.33 bits per heavy atom. The second-order valence-corrected chi connectivity index (χ2v) is 7.66. The Hall–Kier alpha value is -1.40. The van der Waals surface area contributed by atoms with E-state index in [-0.39, 0.29) is 24.2 Å². The van der Waals surface area contributed by atoms with Crippen LogP contribution in [0.2, 0.25) is 0 Å². The smallest absolute Gasteiger partial charge is 0.146 e. The van der Waals surface area contributed by atoms with Crippen molar-refractivity contribution >= 4 is 0 Å². The minimum atomic E-state index is -0.572. The molecule has 1 aromatic carbocycles. The summed E-state index contributed by atoms with van der Waals surface area (Å²) in [4.78, 5) is 0. The molecule has 0 aliphatic heterocycles. The van der Waals surface area contributed by atoms with E-state index in [4.69, 9.17) is 18.9 Å². The van der Waals surface area contributed by atoms with E-state index >= 15 is 0 Å². The third-order valence-electron chi connectivity index (χ3n) is 4.93. The number of ether oxygens (including phenoxy) is 4. The van der Waals surface area contributed by atoms with E-state index in [1.165, 1.54) is 0 Å². The lowest BCUT2D eigenvalue weighted by atomic mass is 9.77. The van der Waals surface area contributed by atoms with E-state index in [0.29, 0.717) is 13.2 Å². The average molecular weight is 381 g/mol. The van der Waals surface area contributed by atoms with Gasteiger partial charge in [-0.3, -0.25) is 0 Å². The van der Waals surface area contributed by atoms with Crippen LogP contribution < -0.4 is 4.74 Å². The summed E-state index contributed by atoms with van der Waals surface area (Å²) in [6.45, 7) is 11.2. The fraction of sp³-hybridized carbons (Fsp3) is 0.636. The Morgan fingerprint density at radius 1 is 1.19 bits per heavy atom. The molecule has 0 saturated heterocycles. The van der Waals surface area contributed by atoms with Crippen LogP contribution in [0.5, 0.6) is 5.75 Å². The minimum absolute atomic E-state index is 0.101. The van der Waals surface area contributed by atoms with Gasteiger partial charge in [0.05, 0.1) is 32.5 Å². The molecule has 154 valence electrons. The molecular formula is C22H36O5. The summed E-state index contributed by atoms with van der Waals surface area (Å²) >= 11 is 0. The summed E-state index contributed by atoms with van der Waals surface area (Å²) in [5, 5.41) is 10.6. The lowest BCUT2D eigenvalue weighted by molar-refractivity contribution is -0.158. The molecule has 1 unspecified atom stereocenters. The molecule has 0 saturated carbocycles. The van der Waals surface area contributed by atoms with Crippen LogP contribution in [-0.2, 0) is 20.8 Å². The molecule has 3 atom stereocenters. The van der Waals surface area contributed by atoms with Crippen molar-refractivity contribution in [1.82, 2.24) is 0 Å². The van der Waals surface area contributed by atoms with Crippen molar-refractivity contribution in [2.75, 3.05) is 27.6 Å². The fourth-order valence-electron chi connectivity index (χ4n) is 3.22. The van der Waals surface area contributed by atoms with Gasteiger partial charge in [-0.2, -0.15) is 0 Å². The molecule has 0 spiro atoms. The molecule has 0 fully saturated rings. The Balaban J connectivity index is 2.76. The molecule has 1 rings (SSSR count). The molecule has 5 nitrogen and oxygen atoms in total. The summed E-state index contributed by atoms with van der Waals surface area (Å²) in [6, 6.07) is 7.83. The van der Waals surface area contributed by atoms with Crippen molar-refractivity contribution in [3.05, 3.63) is 41.5 Å². The summed E-state index contributed by atoms with van der Waals surface area (Å²) in [5.41, 5.74) is 1.71. The number of hydrogen-bond acceptors (Lipinski definition) is 5. The van der Waals surface area contributed by atoms with E-state index in [1.807, 2.05) is 51.1 Å². The monoisotopic (exact) mass is 380 g/mol. The number of methoxy groups -OCH3 is 2. The lowest BCUT2D eigenvalue weighted by Crippen LogP contribution is -2.45. The first-order chi connectivity index (χ1) is 12.8. The van der Waals surface area contributed by atoms with E-state index in [9.17, 15) is 5.11 Å². The van der Waals surface area contributed by atoms with Crippen LogP contribution in [0.15, 0.2) is 35.9 Å². The number of benzene rings is 1. The van der Waals surface area contributed by atoms with Crippen molar-refractivity contribution in [2.24, 2.45) is 11.3 Å². The van der Waals surface area contributed by atoms with Crippen LogP contribution in [0.4, 0.5) is 0 Å². The predicted molar refractivity (Wildman–Crippen MR) is 108 cm³/mol. The number of aliphatic hydroxyl groups is 1. The van der Waals surface area contributed by atoms with Gasteiger partial charge in [0, 0.05) is 18.4 Å². The highest BCUT2D eigenvalue weighted by atomic mass is 16.7. The summed E-state index contributed by atoms with van der Waals surface area (Å²) in [7, 11) is 3.25. The van der Waals surface area contributed by atoms with Gasteiger partial charge in [0.1, 0.15) is 12.5 Å². The van der Waals surface area contributed by atoms with Gasteiger partial charge in [-0.1, -0.05) is 39.0 Å². The van der Waals surface area contributed by atoms with Crippen molar-refractivity contribution < 1.29 is 24.1 Å². The number of allylic oxidation sites excluding steroid dienone is 1. The van der Waals surface area contributed by atoms with Crippen molar-refractivity contribution in [3.63, 3.8) is 0 Å². The van der Waals surface area contributed by atoms with Crippen LogP contribution >= 0.6 is 0 Å². The maximum Gasteiger partial charge on any atom is 0.146 e. The van der Waals surface area contributed by atoms with Crippen LogP contribution in [0, 0.1) is 11.3 Å². The maximum absolute atomic E-state index is 10.6. The highest BCUT2D eigenvalue weighted by Gasteiger charge is 2.38. The third-order valence-corrected chi connectivity index (χ3v) is 4.93. The quantitative estimate of drug-likeness (QED) is 0.435.